The van der Waals surface area contributed by atoms with Crippen LogP contribution in [0.2, 0.25) is 0 Å². The number of benzene rings is 1. The summed E-state index contributed by atoms with van der Waals surface area (Å²) in [4.78, 5) is 19.9. The molecule has 0 fully saturated rings. The van der Waals surface area contributed by atoms with Gasteiger partial charge < -0.3 is 15.5 Å². The number of halogens is 3. The summed E-state index contributed by atoms with van der Waals surface area (Å²) in [6.07, 6.45) is -1.25. The van der Waals surface area contributed by atoms with Gasteiger partial charge in [-0.05, 0) is 17.7 Å². The summed E-state index contributed by atoms with van der Waals surface area (Å²) in [5, 5.41) is 31.9. The van der Waals surface area contributed by atoms with E-state index in [4.69, 9.17) is 28.3 Å². The summed E-state index contributed by atoms with van der Waals surface area (Å²) < 4.78 is 0. The van der Waals surface area contributed by atoms with E-state index in [0.717, 1.165) is 0 Å². The third kappa shape index (κ3) is 5.64. The minimum absolute atomic E-state index is 0. The van der Waals surface area contributed by atoms with Crippen molar-refractivity contribution in [3.63, 3.8) is 0 Å². The third-order valence-corrected chi connectivity index (χ3v) is 2.95. The highest BCUT2D eigenvalue weighted by molar-refractivity contribution is 6.53. The number of rotatable bonds is 6. The maximum Gasteiger partial charge on any atom is 0.269 e. The lowest BCUT2D eigenvalue weighted by Crippen LogP contribution is -2.44. The predicted octanol–water partition coefficient (Wildman–Crippen LogP) is 1.33. The van der Waals surface area contributed by atoms with E-state index in [1.165, 1.54) is 24.3 Å². The van der Waals surface area contributed by atoms with Crippen LogP contribution in [0.15, 0.2) is 24.3 Å². The maximum absolute atomic E-state index is 11.3. The number of carbonyl (C=O) groups excluding carboxylic acids is 1. The molecular weight excluding hydrogens is 346 g/mol. The molecule has 10 heteroatoms. The fraction of sp³-hybridized carbons (Fsp3) is 0.364. The molecular formula is C11H13Cl3N2O5. The lowest BCUT2D eigenvalue weighted by atomic mass is 10.0. The highest BCUT2D eigenvalue weighted by Gasteiger charge is 2.24. The summed E-state index contributed by atoms with van der Waals surface area (Å²) in [5.74, 6) is -0.756. The third-order valence-electron chi connectivity index (χ3n) is 2.55. The number of nitro groups is 1. The molecule has 2 atom stereocenters. The van der Waals surface area contributed by atoms with Crippen molar-refractivity contribution in [1.29, 1.82) is 0 Å². The zero-order valence-electron chi connectivity index (χ0n) is 10.5. The number of alkyl halides is 2. The molecule has 0 saturated carbocycles. The second-order valence-corrected chi connectivity index (χ2v) is 4.99. The second kappa shape index (κ2) is 9.01. The molecule has 3 N–H and O–H groups in total. The molecule has 0 aliphatic carbocycles. The second-order valence-electron chi connectivity index (χ2n) is 3.89. The largest absolute Gasteiger partial charge is 0.394 e. The monoisotopic (exact) mass is 358 g/mol. The van der Waals surface area contributed by atoms with Gasteiger partial charge in [0.25, 0.3) is 11.6 Å². The van der Waals surface area contributed by atoms with Crippen molar-refractivity contribution < 1.29 is 19.9 Å². The first-order valence-electron chi connectivity index (χ1n) is 5.48. The summed E-state index contributed by atoms with van der Waals surface area (Å²) in [5.41, 5.74) is 0.169. The number of nitrogens with zero attached hydrogens (tertiary/aromatic N) is 1. The van der Waals surface area contributed by atoms with Gasteiger partial charge in [0.1, 0.15) is 6.10 Å². The van der Waals surface area contributed by atoms with Crippen LogP contribution in [0.4, 0.5) is 5.69 Å². The van der Waals surface area contributed by atoms with Gasteiger partial charge in [-0.3, -0.25) is 14.9 Å². The first kappa shape index (κ1) is 19.9. The van der Waals surface area contributed by atoms with Gasteiger partial charge in [0.05, 0.1) is 17.6 Å². The Morgan fingerprint density at radius 1 is 1.33 bits per heavy atom. The van der Waals surface area contributed by atoms with Gasteiger partial charge in [-0.15, -0.1) is 12.4 Å². The molecule has 2 unspecified atom stereocenters. The first-order chi connectivity index (χ1) is 9.36. The highest BCUT2D eigenvalue weighted by Crippen LogP contribution is 2.20. The van der Waals surface area contributed by atoms with Crippen molar-refractivity contribution in [1.82, 2.24) is 5.32 Å². The van der Waals surface area contributed by atoms with Crippen LogP contribution in [-0.2, 0) is 4.79 Å². The van der Waals surface area contributed by atoms with E-state index < -0.39 is 34.4 Å². The molecule has 118 valence electrons. The minimum Gasteiger partial charge on any atom is -0.394 e. The van der Waals surface area contributed by atoms with Crippen molar-refractivity contribution in [3.05, 3.63) is 39.9 Å². The van der Waals surface area contributed by atoms with Crippen LogP contribution < -0.4 is 5.32 Å². The van der Waals surface area contributed by atoms with Crippen LogP contribution in [-0.4, -0.2) is 38.5 Å². The van der Waals surface area contributed by atoms with E-state index in [2.05, 4.69) is 5.32 Å². The molecule has 1 aromatic rings. The van der Waals surface area contributed by atoms with Crippen LogP contribution in [0.5, 0.6) is 0 Å². The number of carbonyl (C=O) groups is 1. The molecule has 0 heterocycles. The Morgan fingerprint density at radius 3 is 2.24 bits per heavy atom. The number of hydrogen-bond donors (Lipinski definition) is 3. The van der Waals surface area contributed by atoms with Crippen molar-refractivity contribution >= 4 is 47.2 Å². The molecule has 0 aromatic heterocycles. The summed E-state index contributed by atoms with van der Waals surface area (Å²) in [6, 6.07) is 4.05. The topological polar surface area (TPSA) is 113 Å². The zero-order chi connectivity index (χ0) is 15.3. The fourth-order valence-corrected chi connectivity index (χ4v) is 1.62. The summed E-state index contributed by atoms with van der Waals surface area (Å²) >= 11 is 10.7. The molecule has 0 bridgehead atoms. The van der Waals surface area contributed by atoms with Gasteiger partial charge >= 0.3 is 0 Å². The van der Waals surface area contributed by atoms with E-state index in [1.807, 2.05) is 0 Å². The maximum atomic E-state index is 11.3. The van der Waals surface area contributed by atoms with Gasteiger partial charge in [-0.2, -0.15) is 0 Å². The molecule has 1 amide bonds. The molecule has 1 aromatic carbocycles. The van der Waals surface area contributed by atoms with Crippen molar-refractivity contribution in [2.24, 2.45) is 0 Å². The number of hydrogen-bond acceptors (Lipinski definition) is 5. The Hall–Kier alpha value is -1.12. The van der Waals surface area contributed by atoms with Crippen LogP contribution in [0, 0.1) is 10.1 Å². The molecule has 0 aliphatic rings. The first-order valence-corrected chi connectivity index (χ1v) is 6.36. The van der Waals surface area contributed by atoms with E-state index >= 15 is 0 Å². The van der Waals surface area contributed by atoms with Gasteiger partial charge in [-0.25, -0.2) is 0 Å². The van der Waals surface area contributed by atoms with Crippen LogP contribution in [0.3, 0.4) is 0 Å². The normalized spacial score (nSPS) is 13.2. The summed E-state index contributed by atoms with van der Waals surface area (Å²) in [6.45, 7) is -0.551. The standard InChI is InChI=1S/C11H12Cl2N2O5.ClH/c12-10(13)11(18)14-8(5-16)9(17)6-1-3-7(4-2-6)15(19)20;/h1-4,8-10,16-17H,5H2,(H,14,18);1H. The molecule has 0 aliphatic heterocycles. The molecule has 0 spiro atoms. The van der Waals surface area contributed by atoms with Crippen LogP contribution >= 0.6 is 35.6 Å². The molecule has 0 radical (unpaired) electrons. The molecule has 0 saturated heterocycles. The number of aliphatic hydroxyl groups is 2. The number of nitrogens with one attached hydrogen (secondary N) is 1. The number of amides is 1. The van der Waals surface area contributed by atoms with Gasteiger partial charge in [0.2, 0.25) is 0 Å². The minimum atomic E-state index is -1.33. The van der Waals surface area contributed by atoms with Crippen molar-refractivity contribution in [3.8, 4) is 0 Å². The van der Waals surface area contributed by atoms with Crippen LogP contribution in [0.25, 0.3) is 0 Å². The Balaban J connectivity index is 0.00000400. The molecule has 7 nitrogen and oxygen atoms in total. The lowest BCUT2D eigenvalue weighted by molar-refractivity contribution is -0.384. The quantitative estimate of drug-likeness (QED) is 0.403. The predicted molar refractivity (Wildman–Crippen MR) is 79.8 cm³/mol. The highest BCUT2D eigenvalue weighted by atomic mass is 35.5. The Labute approximate surface area is 136 Å². The van der Waals surface area contributed by atoms with Crippen molar-refractivity contribution in [2.45, 2.75) is 17.0 Å². The van der Waals surface area contributed by atoms with E-state index in [-0.39, 0.29) is 18.1 Å². The fourth-order valence-electron chi connectivity index (χ4n) is 1.50. The number of non-ortho nitro benzene ring substituents is 1. The zero-order valence-corrected chi connectivity index (χ0v) is 12.8. The number of aliphatic hydroxyl groups excluding tert-OH is 2. The Morgan fingerprint density at radius 2 is 1.86 bits per heavy atom. The SMILES string of the molecule is Cl.O=C(NC(CO)C(O)c1ccc([N+](=O)[O-])cc1)C(Cl)Cl. The smallest absolute Gasteiger partial charge is 0.269 e. The number of nitro benzene ring substituents is 1. The van der Waals surface area contributed by atoms with Gasteiger partial charge in [0, 0.05) is 12.1 Å². The molecule has 21 heavy (non-hydrogen) atoms. The lowest BCUT2D eigenvalue weighted by Gasteiger charge is -2.22. The Bertz CT molecular complexity index is 483. The van der Waals surface area contributed by atoms with Gasteiger partial charge in [0.15, 0.2) is 4.84 Å². The van der Waals surface area contributed by atoms with E-state index in [1.54, 1.807) is 0 Å². The van der Waals surface area contributed by atoms with Crippen molar-refractivity contribution in [2.75, 3.05) is 6.61 Å². The van der Waals surface area contributed by atoms with Gasteiger partial charge in [-0.1, -0.05) is 23.2 Å². The van der Waals surface area contributed by atoms with E-state index in [0.29, 0.717) is 5.56 Å². The van der Waals surface area contributed by atoms with Crippen LogP contribution in [0.1, 0.15) is 11.7 Å². The molecule has 1 rings (SSSR count). The van der Waals surface area contributed by atoms with E-state index in [9.17, 15) is 20.0 Å². The Kier molecular flexibility index (Phi) is 8.53. The summed E-state index contributed by atoms with van der Waals surface area (Å²) in [7, 11) is 0. The average Bonchev–Trinajstić information content (AvgIpc) is 2.43. The average molecular weight is 360 g/mol.